The van der Waals surface area contributed by atoms with E-state index in [4.69, 9.17) is 4.74 Å². The van der Waals surface area contributed by atoms with E-state index in [1.54, 1.807) is 30.5 Å². The number of benzene rings is 2. The predicted octanol–water partition coefficient (Wildman–Crippen LogP) is 2.09. The summed E-state index contributed by atoms with van der Waals surface area (Å²) in [5.41, 5.74) is 2.42. The number of Topliss-reactive ketones (excluding diaryl/α,β-unsaturated/α-hetero) is 1. The number of aromatic nitrogens is 3. The first-order valence-corrected chi connectivity index (χ1v) is 8.58. The van der Waals surface area contributed by atoms with E-state index >= 15 is 0 Å². The zero-order valence-electron chi connectivity index (χ0n) is 15.5. The molecule has 0 aliphatic heterocycles. The monoisotopic (exact) mass is 377 g/mol. The largest absolute Gasteiger partial charge is 0.466 e. The summed E-state index contributed by atoms with van der Waals surface area (Å²) in [6.07, 6.45) is 1.56. The summed E-state index contributed by atoms with van der Waals surface area (Å²) >= 11 is 0. The molecule has 2 aromatic carbocycles. The zero-order chi connectivity index (χ0) is 19.9. The molecular weight excluding hydrogens is 358 g/mol. The van der Waals surface area contributed by atoms with Gasteiger partial charge in [-0.3, -0.25) is 9.59 Å². The molecule has 28 heavy (non-hydrogen) atoms. The molecule has 0 aliphatic carbocycles. The first-order valence-electron chi connectivity index (χ1n) is 8.58. The van der Waals surface area contributed by atoms with Crippen LogP contribution in [0.4, 0.5) is 0 Å². The molecule has 0 saturated heterocycles. The lowest BCUT2D eigenvalue weighted by Crippen LogP contribution is -2.21. The van der Waals surface area contributed by atoms with Crippen molar-refractivity contribution in [1.29, 1.82) is 0 Å². The van der Waals surface area contributed by atoms with Crippen LogP contribution >= 0.6 is 0 Å². The third-order valence-electron chi connectivity index (χ3n) is 3.89. The minimum absolute atomic E-state index is 0.00741. The Morgan fingerprint density at radius 2 is 1.86 bits per heavy atom. The SMILES string of the molecule is CNC(=O)c1nnn(/N=C\c2ccc(C)cc2)c1OCC(=O)c1ccccc1. The second kappa shape index (κ2) is 8.72. The maximum absolute atomic E-state index is 12.3. The van der Waals surface area contributed by atoms with E-state index in [1.165, 1.54) is 7.05 Å². The quantitative estimate of drug-likeness (QED) is 0.502. The summed E-state index contributed by atoms with van der Waals surface area (Å²) in [5.74, 6) is -0.732. The Bertz CT molecular complexity index is 994. The molecule has 0 aliphatic rings. The highest BCUT2D eigenvalue weighted by Gasteiger charge is 2.21. The zero-order valence-corrected chi connectivity index (χ0v) is 15.5. The molecule has 3 rings (SSSR count). The number of hydrogen-bond acceptors (Lipinski definition) is 6. The lowest BCUT2D eigenvalue weighted by molar-refractivity contribution is 0.0898. The molecule has 8 heteroatoms. The predicted molar refractivity (Wildman–Crippen MR) is 104 cm³/mol. The van der Waals surface area contributed by atoms with E-state index in [0.29, 0.717) is 5.56 Å². The molecular formula is C20H19N5O3. The maximum atomic E-state index is 12.3. The average Bonchev–Trinajstić information content (AvgIpc) is 3.14. The number of nitrogens with one attached hydrogen (secondary N) is 1. The van der Waals surface area contributed by atoms with Gasteiger partial charge in [0, 0.05) is 12.6 Å². The molecule has 0 fully saturated rings. The van der Waals surface area contributed by atoms with Crippen molar-refractivity contribution >= 4 is 17.9 Å². The summed E-state index contributed by atoms with van der Waals surface area (Å²) in [6.45, 7) is 1.71. The summed E-state index contributed by atoms with van der Waals surface area (Å²) in [4.78, 5) is 25.4. The molecule has 1 amide bonds. The van der Waals surface area contributed by atoms with E-state index in [2.05, 4.69) is 20.7 Å². The van der Waals surface area contributed by atoms with Crippen molar-refractivity contribution in [3.63, 3.8) is 0 Å². The third-order valence-corrected chi connectivity index (χ3v) is 3.89. The number of amides is 1. The molecule has 8 nitrogen and oxygen atoms in total. The lowest BCUT2D eigenvalue weighted by atomic mass is 10.1. The van der Waals surface area contributed by atoms with Crippen molar-refractivity contribution in [1.82, 2.24) is 20.4 Å². The highest BCUT2D eigenvalue weighted by Crippen LogP contribution is 2.16. The van der Waals surface area contributed by atoms with E-state index < -0.39 is 5.91 Å². The van der Waals surface area contributed by atoms with E-state index in [-0.39, 0.29) is 24.0 Å². The minimum Gasteiger partial charge on any atom is -0.466 e. The van der Waals surface area contributed by atoms with Crippen LogP contribution in [0.1, 0.15) is 32.0 Å². The minimum atomic E-state index is -0.487. The Morgan fingerprint density at radius 1 is 1.14 bits per heavy atom. The number of ether oxygens (including phenoxy) is 1. The van der Waals surface area contributed by atoms with Gasteiger partial charge in [0.15, 0.2) is 12.4 Å². The van der Waals surface area contributed by atoms with E-state index in [9.17, 15) is 9.59 Å². The van der Waals surface area contributed by atoms with Crippen molar-refractivity contribution in [2.24, 2.45) is 5.10 Å². The molecule has 1 N–H and O–H groups in total. The molecule has 0 bridgehead atoms. The van der Waals surface area contributed by atoms with Gasteiger partial charge in [0.2, 0.25) is 5.69 Å². The van der Waals surface area contributed by atoms with E-state index in [1.807, 2.05) is 37.3 Å². The van der Waals surface area contributed by atoms with Gasteiger partial charge in [0.05, 0.1) is 6.21 Å². The van der Waals surface area contributed by atoms with Gasteiger partial charge < -0.3 is 10.1 Å². The summed E-state index contributed by atoms with van der Waals surface area (Å²) in [5, 5.41) is 14.3. The second-order valence-electron chi connectivity index (χ2n) is 5.94. The fourth-order valence-electron chi connectivity index (χ4n) is 2.34. The average molecular weight is 377 g/mol. The smallest absolute Gasteiger partial charge is 0.277 e. The summed E-state index contributed by atoms with van der Waals surface area (Å²) in [7, 11) is 1.47. The highest BCUT2D eigenvalue weighted by molar-refractivity contribution is 5.97. The molecule has 1 aromatic heterocycles. The number of carbonyl (C=O) groups is 2. The van der Waals surface area contributed by atoms with Crippen LogP contribution in [-0.2, 0) is 0 Å². The van der Waals surface area contributed by atoms with Crippen LogP contribution in [0.3, 0.4) is 0 Å². The van der Waals surface area contributed by atoms with Crippen LogP contribution in [0.2, 0.25) is 0 Å². The Hall–Kier alpha value is -3.81. The van der Waals surface area contributed by atoms with Gasteiger partial charge in [0.1, 0.15) is 0 Å². The Balaban J connectivity index is 1.82. The fourth-order valence-corrected chi connectivity index (χ4v) is 2.34. The van der Waals surface area contributed by atoms with Gasteiger partial charge in [0.25, 0.3) is 11.8 Å². The standard InChI is InChI=1S/C20H19N5O3/c1-14-8-10-15(11-9-14)12-22-25-20(18(23-24-25)19(27)21-2)28-13-17(26)16-6-4-3-5-7-16/h3-12H,13H2,1-2H3,(H,21,27)/b22-12-. The Labute approximate surface area is 161 Å². The molecule has 0 radical (unpaired) electrons. The van der Waals surface area contributed by atoms with Gasteiger partial charge in [-0.1, -0.05) is 65.0 Å². The lowest BCUT2D eigenvalue weighted by Gasteiger charge is -2.06. The number of carbonyl (C=O) groups excluding carboxylic acids is 2. The number of nitrogens with zero attached hydrogens (tertiary/aromatic N) is 4. The van der Waals surface area contributed by atoms with Crippen molar-refractivity contribution < 1.29 is 14.3 Å². The number of aryl methyl sites for hydroxylation is 1. The normalized spacial score (nSPS) is 10.8. The fraction of sp³-hybridized carbons (Fsp3) is 0.150. The highest BCUT2D eigenvalue weighted by atomic mass is 16.5. The van der Waals surface area contributed by atoms with Crippen LogP contribution in [0, 0.1) is 6.92 Å². The van der Waals surface area contributed by atoms with Crippen LogP contribution in [0.15, 0.2) is 59.7 Å². The van der Waals surface area contributed by atoms with Crippen molar-refractivity contribution in [3.8, 4) is 5.88 Å². The Morgan fingerprint density at radius 3 is 2.54 bits per heavy atom. The van der Waals surface area contributed by atoms with Crippen LogP contribution < -0.4 is 10.1 Å². The van der Waals surface area contributed by atoms with Gasteiger partial charge in [-0.05, 0) is 17.7 Å². The number of ketones is 1. The third kappa shape index (κ3) is 4.47. The molecule has 0 unspecified atom stereocenters. The van der Waals surface area contributed by atoms with Crippen molar-refractivity contribution in [2.75, 3.05) is 13.7 Å². The van der Waals surface area contributed by atoms with Crippen LogP contribution in [0.25, 0.3) is 0 Å². The molecule has 1 heterocycles. The van der Waals surface area contributed by atoms with Gasteiger partial charge in [-0.2, -0.15) is 5.10 Å². The molecule has 142 valence electrons. The Kier molecular flexibility index (Phi) is 5.91. The van der Waals surface area contributed by atoms with Gasteiger partial charge in [-0.25, -0.2) is 0 Å². The van der Waals surface area contributed by atoms with Crippen molar-refractivity contribution in [3.05, 3.63) is 77.0 Å². The number of hydrogen-bond donors (Lipinski definition) is 1. The molecule has 0 atom stereocenters. The maximum Gasteiger partial charge on any atom is 0.277 e. The number of rotatable bonds is 7. The molecule has 0 spiro atoms. The van der Waals surface area contributed by atoms with Crippen LogP contribution in [-0.4, -0.2) is 46.7 Å². The van der Waals surface area contributed by atoms with Crippen molar-refractivity contribution in [2.45, 2.75) is 6.92 Å². The summed E-state index contributed by atoms with van der Waals surface area (Å²) < 4.78 is 5.57. The second-order valence-corrected chi connectivity index (χ2v) is 5.94. The summed E-state index contributed by atoms with van der Waals surface area (Å²) in [6, 6.07) is 16.4. The van der Waals surface area contributed by atoms with Crippen LogP contribution in [0.5, 0.6) is 5.88 Å². The van der Waals surface area contributed by atoms with Gasteiger partial charge in [-0.15, -0.1) is 5.10 Å². The first kappa shape index (κ1) is 19.0. The van der Waals surface area contributed by atoms with Gasteiger partial charge >= 0.3 is 0 Å². The van der Waals surface area contributed by atoms with E-state index in [0.717, 1.165) is 15.9 Å². The molecule has 0 saturated carbocycles. The first-order chi connectivity index (χ1) is 13.6. The topological polar surface area (TPSA) is 98.5 Å². The molecule has 3 aromatic rings.